The molecule has 5 nitrogen and oxygen atoms in total. The van der Waals surface area contributed by atoms with Gasteiger partial charge in [0.15, 0.2) is 0 Å². The standard InChI is InChI=1S/C25H34N2O3S/c1-4-24(22-14-13-20-8-5-6-9-21(20)18-22)26-25(28)10-7-17-27(31(3,29)30)23-15-11-19(2)12-16-23/h11-16,18,24H,4-10,17H2,1-3H3,(H,26,28). The monoisotopic (exact) mass is 442 g/mol. The highest BCUT2D eigenvalue weighted by atomic mass is 32.2. The smallest absolute Gasteiger partial charge is 0.232 e. The molecule has 0 radical (unpaired) electrons. The van der Waals surface area contributed by atoms with Gasteiger partial charge < -0.3 is 5.32 Å². The summed E-state index contributed by atoms with van der Waals surface area (Å²) in [5.74, 6) is -0.0399. The molecule has 0 heterocycles. The van der Waals surface area contributed by atoms with E-state index in [4.69, 9.17) is 0 Å². The quantitative estimate of drug-likeness (QED) is 0.613. The van der Waals surface area contributed by atoms with E-state index < -0.39 is 10.0 Å². The van der Waals surface area contributed by atoms with Crippen LogP contribution in [0.5, 0.6) is 0 Å². The van der Waals surface area contributed by atoms with Crippen LogP contribution in [0, 0.1) is 6.92 Å². The first kappa shape index (κ1) is 23.3. The summed E-state index contributed by atoms with van der Waals surface area (Å²) in [5, 5.41) is 3.14. The normalized spacial score (nSPS) is 14.5. The van der Waals surface area contributed by atoms with E-state index in [0.717, 1.165) is 30.4 Å². The van der Waals surface area contributed by atoms with Crippen molar-refractivity contribution < 1.29 is 13.2 Å². The van der Waals surface area contributed by atoms with Gasteiger partial charge in [0.1, 0.15) is 0 Å². The highest BCUT2D eigenvalue weighted by Gasteiger charge is 2.19. The number of fused-ring (bicyclic) bond motifs is 1. The Morgan fingerprint density at radius 3 is 2.39 bits per heavy atom. The number of hydrogen-bond acceptors (Lipinski definition) is 3. The average Bonchev–Trinajstić information content (AvgIpc) is 2.75. The number of nitrogens with one attached hydrogen (secondary N) is 1. The predicted octanol–water partition coefficient (Wildman–Crippen LogP) is 4.69. The Bertz CT molecular complexity index is 1000. The average molecular weight is 443 g/mol. The zero-order chi connectivity index (χ0) is 22.4. The highest BCUT2D eigenvalue weighted by molar-refractivity contribution is 7.92. The van der Waals surface area contributed by atoms with Gasteiger partial charge in [-0.25, -0.2) is 8.42 Å². The van der Waals surface area contributed by atoms with Crippen LogP contribution in [0.2, 0.25) is 0 Å². The maximum atomic E-state index is 12.6. The van der Waals surface area contributed by atoms with Gasteiger partial charge in [-0.1, -0.05) is 42.8 Å². The van der Waals surface area contributed by atoms with Gasteiger partial charge in [-0.15, -0.1) is 0 Å². The number of carbonyl (C=O) groups excluding carboxylic acids is 1. The fourth-order valence-electron chi connectivity index (χ4n) is 4.24. The molecule has 1 unspecified atom stereocenters. The van der Waals surface area contributed by atoms with Crippen LogP contribution in [0.3, 0.4) is 0 Å². The SMILES string of the molecule is CCC(NC(=O)CCCN(c1ccc(C)cc1)S(C)(=O)=O)c1ccc2c(c1)CCCC2. The van der Waals surface area contributed by atoms with Crippen molar-refractivity contribution in [1.82, 2.24) is 5.32 Å². The van der Waals surface area contributed by atoms with Crippen LogP contribution >= 0.6 is 0 Å². The van der Waals surface area contributed by atoms with Gasteiger partial charge in [0.05, 0.1) is 18.0 Å². The highest BCUT2D eigenvalue weighted by Crippen LogP contribution is 2.26. The minimum absolute atomic E-state index is 0.0113. The largest absolute Gasteiger partial charge is 0.349 e. The number of hydrogen-bond donors (Lipinski definition) is 1. The fraction of sp³-hybridized carbons (Fsp3) is 0.480. The van der Waals surface area contributed by atoms with Crippen molar-refractivity contribution in [1.29, 1.82) is 0 Å². The molecule has 1 amide bonds. The van der Waals surface area contributed by atoms with E-state index in [2.05, 4.69) is 30.4 Å². The molecule has 0 aromatic heterocycles. The lowest BCUT2D eigenvalue weighted by Crippen LogP contribution is -2.33. The van der Waals surface area contributed by atoms with Crippen molar-refractivity contribution in [3.05, 3.63) is 64.7 Å². The first-order chi connectivity index (χ1) is 14.8. The molecule has 2 aromatic carbocycles. The lowest BCUT2D eigenvalue weighted by molar-refractivity contribution is -0.121. The first-order valence-electron chi connectivity index (χ1n) is 11.2. The molecule has 1 aliphatic carbocycles. The van der Waals surface area contributed by atoms with E-state index in [9.17, 15) is 13.2 Å². The minimum Gasteiger partial charge on any atom is -0.349 e. The number of aryl methyl sites for hydroxylation is 3. The van der Waals surface area contributed by atoms with Crippen molar-refractivity contribution in [2.45, 2.75) is 64.8 Å². The Balaban J connectivity index is 1.58. The summed E-state index contributed by atoms with van der Waals surface area (Å²) < 4.78 is 25.9. The van der Waals surface area contributed by atoms with Crippen LogP contribution in [-0.2, 0) is 27.7 Å². The van der Waals surface area contributed by atoms with Crippen LogP contribution in [0.4, 0.5) is 5.69 Å². The zero-order valence-electron chi connectivity index (χ0n) is 18.9. The molecule has 1 N–H and O–H groups in total. The Morgan fingerprint density at radius 1 is 1.06 bits per heavy atom. The van der Waals surface area contributed by atoms with Crippen LogP contribution < -0.4 is 9.62 Å². The summed E-state index contributed by atoms with van der Waals surface area (Å²) in [7, 11) is -3.41. The molecule has 0 fully saturated rings. The molecule has 0 saturated heterocycles. The van der Waals surface area contributed by atoms with Gasteiger partial charge in [0, 0.05) is 13.0 Å². The maximum absolute atomic E-state index is 12.6. The van der Waals surface area contributed by atoms with Gasteiger partial charge in [-0.2, -0.15) is 0 Å². The second-order valence-electron chi connectivity index (χ2n) is 8.54. The second kappa shape index (κ2) is 10.3. The molecule has 0 saturated carbocycles. The Kier molecular flexibility index (Phi) is 7.76. The number of carbonyl (C=O) groups is 1. The summed E-state index contributed by atoms with van der Waals surface area (Å²) in [6.07, 6.45) is 7.54. The number of benzene rings is 2. The van der Waals surface area contributed by atoms with Gasteiger partial charge >= 0.3 is 0 Å². The van der Waals surface area contributed by atoms with Gasteiger partial charge in [0.25, 0.3) is 0 Å². The topological polar surface area (TPSA) is 66.5 Å². The van der Waals surface area contributed by atoms with Gasteiger partial charge in [-0.05, 0) is 74.3 Å². The molecule has 1 aliphatic rings. The third-order valence-corrected chi connectivity index (χ3v) is 7.20. The van der Waals surface area contributed by atoms with E-state index in [1.54, 1.807) is 12.1 Å². The molecular weight excluding hydrogens is 408 g/mol. The van der Waals surface area contributed by atoms with Gasteiger partial charge in [0.2, 0.25) is 15.9 Å². The summed E-state index contributed by atoms with van der Waals surface area (Å²) >= 11 is 0. The van der Waals surface area contributed by atoms with E-state index in [1.165, 1.54) is 34.5 Å². The molecule has 2 aromatic rings. The molecule has 168 valence electrons. The van der Waals surface area contributed by atoms with Crippen molar-refractivity contribution >= 4 is 21.6 Å². The third-order valence-electron chi connectivity index (χ3n) is 6.01. The molecule has 6 heteroatoms. The summed E-state index contributed by atoms with van der Waals surface area (Å²) in [6.45, 7) is 4.32. The molecule has 0 spiro atoms. The fourth-order valence-corrected chi connectivity index (χ4v) is 5.20. The first-order valence-corrected chi connectivity index (χ1v) is 13.1. The van der Waals surface area contributed by atoms with E-state index >= 15 is 0 Å². The molecular formula is C25H34N2O3S. The zero-order valence-corrected chi connectivity index (χ0v) is 19.7. The number of sulfonamides is 1. The number of amides is 1. The van der Waals surface area contributed by atoms with Gasteiger partial charge in [-0.3, -0.25) is 9.10 Å². The number of anilines is 1. The van der Waals surface area contributed by atoms with E-state index in [1.807, 2.05) is 19.1 Å². The Labute approximate surface area is 186 Å². The molecule has 0 aliphatic heterocycles. The predicted molar refractivity (Wildman–Crippen MR) is 127 cm³/mol. The number of rotatable bonds is 9. The molecule has 1 atom stereocenters. The minimum atomic E-state index is -3.41. The number of nitrogens with zero attached hydrogens (tertiary/aromatic N) is 1. The van der Waals surface area contributed by atoms with E-state index in [0.29, 0.717) is 18.5 Å². The van der Waals surface area contributed by atoms with Crippen molar-refractivity contribution in [3.63, 3.8) is 0 Å². The van der Waals surface area contributed by atoms with Crippen molar-refractivity contribution in [2.75, 3.05) is 17.1 Å². The lowest BCUT2D eigenvalue weighted by atomic mass is 9.89. The Hall–Kier alpha value is -2.34. The summed E-state index contributed by atoms with van der Waals surface area (Å²) in [6, 6.07) is 14.0. The van der Waals surface area contributed by atoms with Crippen molar-refractivity contribution in [2.24, 2.45) is 0 Å². The second-order valence-corrected chi connectivity index (χ2v) is 10.4. The van der Waals surface area contributed by atoms with E-state index in [-0.39, 0.29) is 18.5 Å². The van der Waals surface area contributed by atoms with Crippen LogP contribution in [0.1, 0.15) is 67.3 Å². The lowest BCUT2D eigenvalue weighted by Gasteiger charge is -2.23. The third kappa shape index (κ3) is 6.33. The summed E-state index contributed by atoms with van der Waals surface area (Å²) in [4.78, 5) is 12.6. The van der Waals surface area contributed by atoms with Crippen LogP contribution in [0.15, 0.2) is 42.5 Å². The molecule has 0 bridgehead atoms. The van der Waals surface area contributed by atoms with Crippen molar-refractivity contribution in [3.8, 4) is 0 Å². The molecule has 31 heavy (non-hydrogen) atoms. The molecule has 3 rings (SSSR count). The van der Waals surface area contributed by atoms with Crippen LogP contribution in [-0.4, -0.2) is 27.1 Å². The Morgan fingerprint density at radius 2 is 1.74 bits per heavy atom. The summed E-state index contributed by atoms with van der Waals surface area (Å²) in [5.41, 5.74) is 5.72. The van der Waals surface area contributed by atoms with Crippen LogP contribution in [0.25, 0.3) is 0 Å². The maximum Gasteiger partial charge on any atom is 0.232 e.